The third-order valence-corrected chi connectivity index (χ3v) is 1.87. The summed E-state index contributed by atoms with van der Waals surface area (Å²) >= 11 is 5.87. The predicted molar refractivity (Wildman–Crippen MR) is 49.2 cm³/mol. The number of benzene rings is 1. The van der Waals surface area contributed by atoms with Crippen LogP contribution >= 0.6 is 11.6 Å². The molecule has 0 radical (unpaired) electrons. The van der Waals surface area contributed by atoms with E-state index in [0.717, 1.165) is 10.6 Å². The molecule has 0 atom stereocenters. The van der Waals surface area contributed by atoms with Crippen LogP contribution in [0, 0.1) is 0 Å². The van der Waals surface area contributed by atoms with Crippen LogP contribution in [0.25, 0.3) is 10.4 Å². The maximum absolute atomic E-state index is 8.04. The topological polar surface area (TPSA) is 48.8 Å². The monoisotopic (exact) mass is 181 g/mol. The average molecular weight is 182 g/mol. The molecule has 0 aliphatic rings. The lowest BCUT2D eigenvalue weighted by Gasteiger charge is -1.99. The van der Waals surface area contributed by atoms with E-state index in [4.69, 9.17) is 17.1 Å². The molecular formula is C8H8ClN3. The van der Waals surface area contributed by atoms with Crippen LogP contribution < -0.4 is 0 Å². The summed E-state index contributed by atoms with van der Waals surface area (Å²) in [6, 6.07) is 7.54. The fraction of sp³-hybridized carbons (Fsp3) is 0.250. The van der Waals surface area contributed by atoms with Gasteiger partial charge in [0.25, 0.3) is 0 Å². The second kappa shape index (κ2) is 4.65. The van der Waals surface area contributed by atoms with Gasteiger partial charge in [-0.1, -0.05) is 34.9 Å². The van der Waals surface area contributed by atoms with Crippen LogP contribution in [-0.2, 0) is 6.42 Å². The van der Waals surface area contributed by atoms with Crippen LogP contribution in [0.15, 0.2) is 29.4 Å². The second-order valence-corrected chi connectivity index (χ2v) is 2.70. The number of rotatable bonds is 3. The molecule has 1 aromatic carbocycles. The minimum absolute atomic E-state index is 0.459. The van der Waals surface area contributed by atoms with Crippen molar-refractivity contribution in [2.24, 2.45) is 5.11 Å². The van der Waals surface area contributed by atoms with Gasteiger partial charge in [-0.05, 0) is 23.6 Å². The fourth-order valence-corrected chi connectivity index (χ4v) is 1.15. The molecule has 0 N–H and O–H groups in total. The molecule has 4 heteroatoms. The van der Waals surface area contributed by atoms with Gasteiger partial charge in [-0.3, -0.25) is 0 Å². The molecule has 0 spiro atoms. The van der Waals surface area contributed by atoms with Gasteiger partial charge in [-0.25, -0.2) is 0 Å². The Morgan fingerprint density at radius 3 is 2.83 bits per heavy atom. The second-order valence-electron chi connectivity index (χ2n) is 2.30. The van der Waals surface area contributed by atoms with Crippen LogP contribution in [0.1, 0.15) is 5.56 Å². The highest BCUT2D eigenvalue weighted by Crippen LogP contribution is 2.15. The molecule has 0 amide bonds. The van der Waals surface area contributed by atoms with Crippen LogP contribution in [0.4, 0.5) is 0 Å². The first-order chi connectivity index (χ1) is 5.84. The molecule has 0 saturated carbocycles. The summed E-state index contributed by atoms with van der Waals surface area (Å²) in [6.45, 7) is 0.459. The van der Waals surface area contributed by atoms with E-state index < -0.39 is 0 Å². The van der Waals surface area contributed by atoms with Crippen molar-refractivity contribution in [1.29, 1.82) is 0 Å². The highest BCUT2D eigenvalue weighted by Gasteiger charge is 1.95. The van der Waals surface area contributed by atoms with Crippen LogP contribution in [0.3, 0.4) is 0 Å². The Kier molecular flexibility index (Phi) is 3.45. The summed E-state index contributed by atoms with van der Waals surface area (Å²) in [5.74, 6) is 0. The van der Waals surface area contributed by atoms with E-state index in [2.05, 4.69) is 10.0 Å². The van der Waals surface area contributed by atoms with E-state index in [9.17, 15) is 0 Å². The van der Waals surface area contributed by atoms with Crippen molar-refractivity contribution in [2.45, 2.75) is 6.42 Å². The molecule has 3 nitrogen and oxygen atoms in total. The van der Waals surface area contributed by atoms with E-state index in [1.165, 1.54) is 0 Å². The van der Waals surface area contributed by atoms with E-state index >= 15 is 0 Å². The van der Waals surface area contributed by atoms with Crippen molar-refractivity contribution in [3.05, 3.63) is 45.3 Å². The predicted octanol–water partition coefficient (Wildman–Crippen LogP) is 3.19. The number of azide groups is 1. The minimum Gasteiger partial charge on any atom is -0.0936 e. The zero-order valence-corrected chi connectivity index (χ0v) is 7.20. The maximum Gasteiger partial charge on any atom is 0.0437 e. The summed E-state index contributed by atoms with van der Waals surface area (Å²) in [4.78, 5) is 2.66. The van der Waals surface area contributed by atoms with Gasteiger partial charge in [0.05, 0.1) is 0 Å². The highest BCUT2D eigenvalue weighted by molar-refractivity contribution is 6.31. The largest absolute Gasteiger partial charge is 0.0936 e. The number of halogens is 1. The molecule has 0 aliphatic carbocycles. The van der Waals surface area contributed by atoms with Crippen molar-refractivity contribution in [2.75, 3.05) is 6.54 Å². The molecule has 0 bridgehead atoms. The Bertz CT molecular complexity index is 305. The number of hydrogen-bond donors (Lipinski definition) is 0. The molecule has 62 valence electrons. The van der Waals surface area contributed by atoms with Gasteiger partial charge in [0.1, 0.15) is 0 Å². The first-order valence-corrected chi connectivity index (χ1v) is 3.96. The summed E-state index contributed by atoms with van der Waals surface area (Å²) in [5, 5.41) is 4.16. The summed E-state index contributed by atoms with van der Waals surface area (Å²) in [7, 11) is 0. The number of hydrogen-bond acceptors (Lipinski definition) is 1. The third-order valence-electron chi connectivity index (χ3n) is 1.50. The molecule has 0 aromatic heterocycles. The van der Waals surface area contributed by atoms with Gasteiger partial charge in [0.15, 0.2) is 0 Å². The van der Waals surface area contributed by atoms with E-state index in [1.807, 2.05) is 24.3 Å². The van der Waals surface area contributed by atoms with Gasteiger partial charge in [0, 0.05) is 16.5 Å². The van der Waals surface area contributed by atoms with Crippen molar-refractivity contribution >= 4 is 11.6 Å². The maximum atomic E-state index is 8.04. The molecule has 1 aromatic rings. The zero-order chi connectivity index (χ0) is 8.81. The summed E-state index contributed by atoms with van der Waals surface area (Å²) in [6.07, 6.45) is 0.698. The minimum atomic E-state index is 0.459. The van der Waals surface area contributed by atoms with Gasteiger partial charge >= 0.3 is 0 Å². The van der Waals surface area contributed by atoms with Crippen molar-refractivity contribution < 1.29 is 0 Å². The molecular weight excluding hydrogens is 174 g/mol. The van der Waals surface area contributed by atoms with Gasteiger partial charge in [0.2, 0.25) is 0 Å². The summed E-state index contributed by atoms with van der Waals surface area (Å²) < 4.78 is 0. The van der Waals surface area contributed by atoms with Crippen molar-refractivity contribution in [3.8, 4) is 0 Å². The lowest BCUT2D eigenvalue weighted by Crippen LogP contribution is -1.88. The van der Waals surface area contributed by atoms with Crippen molar-refractivity contribution in [3.63, 3.8) is 0 Å². The average Bonchev–Trinajstić information content (AvgIpc) is 2.09. The Morgan fingerprint density at radius 1 is 1.42 bits per heavy atom. The molecule has 0 aliphatic heterocycles. The first-order valence-electron chi connectivity index (χ1n) is 3.59. The van der Waals surface area contributed by atoms with Crippen LogP contribution in [-0.4, -0.2) is 6.54 Å². The smallest absolute Gasteiger partial charge is 0.0437 e. The summed E-state index contributed by atoms with van der Waals surface area (Å²) in [5.41, 5.74) is 9.06. The molecule has 0 heterocycles. The van der Waals surface area contributed by atoms with Gasteiger partial charge in [-0.2, -0.15) is 0 Å². The molecule has 12 heavy (non-hydrogen) atoms. The Morgan fingerprint density at radius 2 is 2.17 bits per heavy atom. The van der Waals surface area contributed by atoms with Gasteiger partial charge in [-0.15, -0.1) is 0 Å². The van der Waals surface area contributed by atoms with Crippen molar-refractivity contribution in [1.82, 2.24) is 0 Å². The SMILES string of the molecule is [N-]=[N+]=NCCc1ccccc1Cl. The quantitative estimate of drug-likeness (QED) is 0.391. The number of nitrogens with zero attached hydrogens (tertiary/aromatic N) is 3. The normalized spacial score (nSPS) is 9.08. The van der Waals surface area contributed by atoms with E-state index in [-0.39, 0.29) is 0 Å². The van der Waals surface area contributed by atoms with Crippen LogP contribution in [0.2, 0.25) is 5.02 Å². The van der Waals surface area contributed by atoms with E-state index in [1.54, 1.807) is 0 Å². The molecule has 0 fully saturated rings. The Hall–Kier alpha value is -1.18. The van der Waals surface area contributed by atoms with Gasteiger partial charge < -0.3 is 0 Å². The molecule has 1 rings (SSSR count). The Labute approximate surface area is 75.6 Å². The first kappa shape index (κ1) is 8.91. The lowest BCUT2D eigenvalue weighted by atomic mass is 10.1. The van der Waals surface area contributed by atoms with E-state index in [0.29, 0.717) is 13.0 Å². The zero-order valence-electron chi connectivity index (χ0n) is 6.44. The lowest BCUT2D eigenvalue weighted by molar-refractivity contribution is 0.956. The standard InChI is InChI=1S/C8H8ClN3/c9-8-4-2-1-3-7(8)5-6-11-12-10/h1-4H,5-6H2. The molecule has 0 unspecified atom stereocenters. The fourth-order valence-electron chi connectivity index (χ4n) is 0.916. The Balaban J connectivity index is 2.62. The van der Waals surface area contributed by atoms with Crippen LogP contribution in [0.5, 0.6) is 0 Å². The highest BCUT2D eigenvalue weighted by atomic mass is 35.5. The molecule has 0 saturated heterocycles. The third kappa shape index (κ3) is 2.46.